The summed E-state index contributed by atoms with van der Waals surface area (Å²) in [4.78, 5) is 0. The van der Waals surface area contributed by atoms with Gasteiger partial charge in [0.05, 0.1) is 0 Å². The second-order valence-corrected chi connectivity index (χ2v) is 60.6. The molecule has 0 saturated heterocycles. The van der Waals surface area contributed by atoms with Crippen LogP contribution in [0.5, 0.6) is 0 Å². The first kappa shape index (κ1) is 39.4. The fourth-order valence-corrected chi connectivity index (χ4v) is 50.5. The summed E-state index contributed by atoms with van der Waals surface area (Å²) >= 11 is -6.54. The average molecular weight is 813 g/mol. The molecule has 52 heavy (non-hydrogen) atoms. The predicted octanol–water partition coefficient (Wildman–Crippen LogP) is 15.9. The van der Waals surface area contributed by atoms with Crippen molar-refractivity contribution in [3.63, 3.8) is 0 Å². The Bertz CT molecular complexity index is 2110. The van der Waals surface area contributed by atoms with Gasteiger partial charge in [-0.05, 0) is 0 Å². The standard InChI is InChI=1S/C35H37.C5H5.2C4H9.CH2.2ClH.Zr/c1-22-9-13-24(14-10-22)30-18-26-17-27-19-31(25-15-11-23(2)12-16-25)33(35(6,7)8)21-29(27)28(26)20-32(30)34(3,4)5;1-2-4-5-3-1;2*1-4(2)3;;;;/h9-21H,1-8H3;1-5H;2*4H,1H2,2-3H3;1H2;2*1H;/q;;;;;;;+2/p-2. The van der Waals surface area contributed by atoms with E-state index in [4.69, 9.17) is 4.21 Å². The fourth-order valence-electron chi connectivity index (χ4n) is 11.2. The Hall–Kier alpha value is -2.31. The fraction of sp³-hybridized carbons (Fsp3) is 0.408. The molecule has 276 valence electrons. The Morgan fingerprint density at radius 2 is 0.923 bits per heavy atom. The summed E-state index contributed by atoms with van der Waals surface area (Å²) in [6.45, 7) is 27.5. The van der Waals surface area contributed by atoms with Crippen LogP contribution in [0.2, 0.25) is 11.9 Å². The number of aryl methyl sites for hydroxylation is 2. The number of hydrogen-bond donors (Lipinski definition) is 0. The van der Waals surface area contributed by atoms with Gasteiger partial charge in [0, 0.05) is 0 Å². The first-order valence-electron chi connectivity index (χ1n) is 19.6. The van der Waals surface area contributed by atoms with Gasteiger partial charge < -0.3 is 0 Å². The molecular formula is C49H62Cl2Zr. The van der Waals surface area contributed by atoms with Gasteiger partial charge in [-0.1, -0.05) is 0 Å². The van der Waals surface area contributed by atoms with Crippen LogP contribution in [-0.2, 0) is 23.8 Å². The van der Waals surface area contributed by atoms with Crippen LogP contribution in [0.1, 0.15) is 106 Å². The van der Waals surface area contributed by atoms with Gasteiger partial charge in [0.1, 0.15) is 0 Å². The molecule has 2 aliphatic rings. The molecule has 3 heteroatoms. The minimum atomic E-state index is -6.54. The Kier molecular flexibility index (Phi) is 8.97. The van der Waals surface area contributed by atoms with Gasteiger partial charge in [0.25, 0.3) is 0 Å². The molecule has 0 nitrogen and oxygen atoms in total. The molecule has 0 N–H and O–H groups in total. The van der Waals surface area contributed by atoms with Crippen LogP contribution in [0.15, 0.2) is 97.1 Å². The van der Waals surface area contributed by atoms with Gasteiger partial charge in [-0.2, -0.15) is 0 Å². The molecule has 0 heterocycles. The second kappa shape index (κ2) is 11.8. The average Bonchev–Trinajstić information content (AvgIpc) is 3.67. The van der Waals surface area contributed by atoms with Crippen molar-refractivity contribution < 1.29 is 12.9 Å². The first-order chi connectivity index (χ1) is 23.8. The van der Waals surface area contributed by atoms with E-state index in [-0.39, 0.29) is 29.9 Å². The van der Waals surface area contributed by atoms with Crippen LogP contribution in [-0.4, -0.2) is 4.21 Å². The van der Waals surface area contributed by atoms with Crippen LogP contribution < -0.4 is 0 Å². The van der Waals surface area contributed by atoms with E-state index in [1.54, 1.807) is 0 Å². The first-order valence-corrected chi connectivity index (χ1v) is 34.0. The quantitative estimate of drug-likeness (QED) is 0.166. The van der Waals surface area contributed by atoms with E-state index >= 15 is 0 Å². The van der Waals surface area contributed by atoms with Crippen LogP contribution in [0.4, 0.5) is 0 Å². The molecule has 6 rings (SSSR count). The van der Waals surface area contributed by atoms with Crippen molar-refractivity contribution in [2.24, 2.45) is 11.8 Å². The molecule has 0 aliphatic heterocycles. The molecule has 4 aromatic carbocycles. The number of halogens is 2. The molecular weight excluding hydrogens is 751 g/mol. The third-order valence-corrected chi connectivity index (χ3v) is 45.6. The number of allylic oxidation sites excluding steroid dienone is 4. The van der Waals surface area contributed by atoms with Crippen molar-refractivity contribution in [1.82, 2.24) is 0 Å². The Balaban J connectivity index is 1.88. The number of benzene rings is 4. The summed E-state index contributed by atoms with van der Waals surface area (Å²) in [5.41, 5.74) is 14.9. The van der Waals surface area contributed by atoms with Crippen LogP contribution in [0.25, 0.3) is 33.4 Å². The summed E-state index contributed by atoms with van der Waals surface area (Å²) in [6, 6.07) is 28.0. The zero-order valence-corrected chi connectivity index (χ0v) is 37.9. The summed E-state index contributed by atoms with van der Waals surface area (Å²) in [6.07, 6.45) is 8.91. The Morgan fingerprint density at radius 3 is 1.23 bits per heavy atom. The van der Waals surface area contributed by atoms with Crippen molar-refractivity contribution in [2.75, 3.05) is 0 Å². The van der Waals surface area contributed by atoms with E-state index in [1.165, 1.54) is 66.8 Å². The summed E-state index contributed by atoms with van der Waals surface area (Å²) in [5.74, 6) is 0.470. The molecule has 0 aromatic heterocycles. The topological polar surface area (TPSA) is 0 Å². The van der Waals surface area contributed by atoms with Crippen molar-refractivity contribution >= 4 is 21.2 Å². The molecule has 0 fully saturated rings. The van der Waals surface area contributed by atoms with Gasteiger partial charge in [-0.15, -0.1) is 0 Å². The maximum atomic E-state index is 9.21. The van der Waals surface area contributed by atoms with Gasteiger partial charge in [0.15, 0.2) is 0 Å². The zero-order chi connectivity index (χ0) is 38.3. The Morgan fingerprint density at radius 1 is 0.577 bits per heavy atom. The Labute approximate surface area is 316 Å². The predicted molar refractivity (Wildman–Crippen MR) is 232 cm³/mol. The zero-order valence-electron chi connectivity index (χ0n) is 33.9. The maximum absolute atomic E-state index is 9.21. The number of rotatable bonds is 8. The van der Waals surface area contributed by atoms with Crippen LogP contribution in [0.3, 0.4) is 0 Å². The van der Waals surface area contributed by atoms with Gasteiger partial charge in [0.2, 0.25) is 0 Å². The molecule has 0 spiro atoms. The van der Waals surface area contributed by atoms with E-state index in [2.05, 4.69) is 180 Å². The van der Waals surface area contributed by atoms with E-state index in [9.17, 15) is 17.0 Å². The molecule has 0 saturated carbocycles. The van der Waals surface area contributed by atoms with E-state index in [0.29, 0.717) is 8.26 Å². The van der Waals surface area contributed by atoms with Crippen molar-refractivity contribution in [3.8, 4) is 33.4 Å². The van der Waals surface area contributed by atoms with E-state index in [1.807, 2.05) is 0 Å². The molecule has 0 radical (unpaired) electrons. The van der Waals surface area contributed by atoms with Gasteiger partial charge in [-0.3, -0.25) is 0 Å². The molecule has 0 unspecified atom stereocenters. The van der Waals surface area contributed by atoms with Crippen molar-refractivity contribution in [3.05, 3.63) is 130 Å². The minimum absolute atomic E-state index is 0.104. The molecule has 0 amide bonds. The SMILES string of the molecule is [CH2]=[Zr]([Cl])([Cl])([CH2]C(C)C)([CH2]C(C)C)([CH]1C=CC=C1)[CH]1c2cc(-c3ccc(C)cc3)c(C(C)(C)C)cc2-c2cc(C(C)(C)C)c(-c3ccc(C)cc3)cc21. The molecule has 0 bridgehead atoms. The number of hydrogen-bond acceptors (Lipinski definition) is 0. The van der Waals surface area contributed by atoms with Gasteiger partial charge >= 0.3 is 319 Å². The van der Waals surface area contributed by atoms with Crippen LogP contribution in [0, 0.1) is 25.7 Å². The normalized spacial score (nSPS) is 17.3. The monoisotopic (exact) mass is 810 g/mol. The molecule has 2 aliphatic carbocycles. The summed E-state index contributed by atoms with van der Waals surface area (Å²) in [5, 5.41) is 0. The van der Waals surface area contributed by atoms with Crippen molar-refractivity contribution in [1.29, 1.82) is 0 Å². The summed E-state index contributed by atoms with van der Waals surface area (Å²) in [7, 11) is 18.4. The second-order valence-electron chi connectivity index (χ2n) is 20.6. The molecule has 4 aromatic rings. The van der Waals surface area contributed by atoms with E-state index < -0.39 is 12.9 Å². The summed E-state index contributed by atoms with van der Waals surface area (Å²) < 4.78 is 6.53. The van der Waals surface area contributed by atoms with Gasteiger partial charge in [-0.25, -0.2) is 0 Å². The third kappa shape index (κ3) is 6.28. The van der Waals surface area contributed by atoms with Crippen molar-refractivity contribution in [2.45, 2.75) is 109 Å². The number of fused-ring (bicyclic) bond motifs is 3. The van der Waals surface area contributed by atoms with Crippen LogP contribution >= 0.6 is 17.0 Å². The molecule has 0 atom stereocenters. The third-order valence-electron chi connectivity index (χ3n) is 12.7. The van der Waals surface area contributed by atoms with E-state index in [0.717, 1.165) is 0 Å².